The molecular weight excluding hydrogens is 174 g/mol. The van der Waals surface area contributed by atoms with Crippen LogP contribution in [0.2, 0.25) is 0 Å². The maximum atomic E-state index is 5.62. The molecule has 2 atom stereocenters. The second kappa shape index (κ2) is 8.21. The van der Waals surface area contributed by atoms with Gasteiger partial charge in [-0.3, -0.25) is 0 Å². The first kappa shape index (κ1) is 13.9. The minimum atomic E-state index is 0.608. The highest BCUT2D eigenvalue weighted by molar-refractivity contribution is 4.68. The van der Waals surface area contributed by atoms with Crippen LogP contribution in [0.3, 0.4) is 0 Å². The van der Waals surface area contributed by atoms with Crippen molar-refractivity contribution in [3.8, 4) is 0 Å². The van der Waals surface area contributed by atoms with E-state index in [4.69, 9.17) is 17.2 Å². The molecule has 3 heteroatoms. The van der Waals surface area contributed by atoms with Gasteiger partial charge in [0.05, 0.1) is 0 Å². The third-order valence-corrected chi connectivity index (χ3v) is 2.85. The molecule has 0 aromatic rings. The third kappa shape index (κ3) is 6.35. The molecule has 6 N–H and O–H groups in total. The van der Waals surface area contributed by atoms with Gasteiger partial charge in [0.1, 0.15) is 0 Å². The number of hydrogen-bond donors (Lipinski definition) is 3. The summed E-state index contributed by atoms with van der Waals surface area (Å²) >= 11 is 0. The standard InChI is InChI=1S/C11H27N3/c1-9(7-13)5-11(3-4-12)6-10(2)8-14/h9-11H,3-8,12-14H2,1-2H3. The van der Waals surface area contributed by atoms with Crippen LogP contribution in [0.4, 0.5) is 0 Å². The van der Waals surface area contributed by atoms with E-state index in [0.29, 0.717) is 17.8 Å². The van der Waals surface area contributed by atoms with Crippen LogP contribution in [-0.2, 0) is 0 Å². The Morgan fingerprint density at radius 3 is 1.57 bits per heavy atom. The summed E-state index contributed by atoms with van der Waals surface area (Å²) in [6.07, 6.45) is 3.49. The average molecular weight is 201 g/mol. The first-order valence-electron chi connectivity index (χ1n) is 5.74. The Bertz CT molecular complexity index is 116. The van der Waals surface area contributed by atoms with Gasteiger partial charge in [-0.15, -0.1) is 0 Å². The lowest BCUT2D eigenvalue weighted by Crippen LogP contribution is -2.21. The maximum absolute atomic E-state index is 5.62. The zero-order valence-corrected chi connectivity index (χ0v) is 9.71. The molecule has 14 heavy (non-hydrogen) atoms. The quantitative estimate of drug-likeness (QED) is 0.546. The Morgan fingerprint density at radius 1 is 0.857 bits per heavy atom. The predicted molar refractivity (Wildman–Crippen MR) is 62.8 cm³/mol. The summed E-state index contributed by atoms with van der Waals surface area (Å²) in [7, 11) is 0. The van der Waals surface area contributed by atoms with Crippen molar-refractivity contribution in [2.24, 2.45) is 35.0 Å². The van der Waals surface area contributed by atoms with Crippen LogP contribution in [0.15, 0.2) is 0 Å². The number of rotatable bonds is 8. The normalized spacial score (nSPS) is 17.8. The second-order valence-corrected chi connectivity index (χ2v) is 4.60. The molecule has 0 heterocycles. The molecule has 0 aliphatic rings. The lowest BCUT2D eigenvalue weighted by Gasteiger charge is -2.22. The van der Waals surface area contributed by atoms with Gasteiger partial charge >= 0.3 is 0 Å². The van der Waals surface area contributed by atoms with E-state index in [9.17, 15) is 0 Å². The van der Waals surface area contributed by atoms with Crippen LogP contribution in [0.5, 0.6) is 0 Å². The van der Waals surface area contributed by atoms with Crippen molar-refractivity contribution in [3.63, 3.8) is 0 Å². The number of hydrogen-bond acceptors (Lipinski definition) is 3. The summed E-state index contributed by atoms with van der Waals surface area (Å²) < 4.78 is 0. The minimum Gasteiger partial charge on any atom is -0.330 e. The van der Waals surface area contributed by atoms with Crippen molar-refractivity contribution < 1.29 is 0 Å². The Labute approximate surface area is 88.4 Å². The predicted octanol–water partition coefficient (Wildman–Crippen LogP) is 0.921. The molecule has 0 radical (unpaired) electrons. The molecule has 0 saturated heterocycles. The fraction of sp³-hybridized carbons (Fsp3) is 1.00. The Balaban J connectivity index is 3.88. The Hall–Kier alpha value is -0.120. The van der Waals surface area contributed by atoms with E-state index in [-0.39, 0.29) is 0 Å². The van der Waals surface area contributed by atoms with E-state index in [1.807, 2.05) is 0 Å². The smallest absolute Gasteiger partial charge is 0.00514 e. The highest BCUT2D eigenvalue weighted by Gasteiger charge is 2.14. The van der Waals surface area contributed by atoms with Gasteiger partial charge in [0.25, 0.3) is 0 Å². The van der Waals surface area contributed by atoms with Crippen molar-refractivity contribution in [2.45, 2.75) is 33.1 Å². The summed E-state index contributed by atoms with van der Waals surface area (Å²) in [6.45, 7) is 6.74. The third-order valence-electron chi connectivity index (χ3n) is 2.85. The van der Waals surface area contributed by atoms with Gasteiger partial charge in [0, 0.05) is 0 Å². The van der Waals surface area contributed by atoms with Gasteiger partial charge in [-0.05, 0) is 56.7 Å². The molecular formula is C11H27N3. The van der Waals surface area contributed by atoms with Gasteiger partial charge < -0.3 is 17.2 Å². The summed E-state index contributed by atoms with van der Waals surface area (Å²) in [5.74, 6) is 1.92. The zero-order chi connectivity index (χ0) is 11.0. The summed E-state index contributed by atoms with van der Waals surface area (Å²) in [5, 5.41) is 0. The molecule has 0 aliphatic heterocycles. The maximum Gasteiger partial charge on any atom is -0.00514 e. The van der Waals surface area contributed by atoms with Gasteiger partial charge in [0.2, 0.25) is 0 Å². The molecule has 0 saturated carbocycles. The van der Waals surface area contributed by atoms with E-state index < -0.39 is 0 Å². The van der Waals surface area contributed by atoms with Crippen LogP contribution in [-0.4, -0.2) is 19.6 Å². The lowest BCUT2D eigenvalue weighted by molar-refractivity contribution is 0.315. The molecule has 0 aromatic carbocycles. The van der Waals surface area contributed by atoms with E-state index in [1.54, 1.807) is 0 Å². The molecule has 0 spiro atoms. The van der Waals surface area contributed by atoms with Crippen molar-refractivity contribution in [1.29, 1.82) is 0 Å². The van der Waals surface area contributed by atoms with E-state index in [2.05, 4.69) is 13.8 Å². The van der Waals surface area contributed by atoms with E-state index >= 15 is 0 Å². The average Bonchev–Trinajstić information content (AvgIpc) is 2.17. The molecule has 0 rings (SSSR count). The first-order chi connectivity index (χ1) is 6.63. The van der Waals surface area contributed by atoms with Crippen LogP contribution < -0.4 is 17.2 Å². The molecule has 2 unspecified atom stereocenters. The second-order valence-electron chi connectivity index (χ2n) is 4.60. The summed E-state index contributed by atoms with van der Waals surface area (Å²) in [5.41, 5.74) is 16.8. The van der Waals surface area contributed by atoms with Crippen LogP contribution in [0.25, 0.3) is 0 Å². The van der Waals surface area contributed by atoms with Crippen LogP contribution in [0.1, 0.15) is 33.1 Å². The first-order valence-corrected chi connectivity index (χ1v) is 5.74. The largest absolute Gasteiger partial charge is 0.330 e. The van der Waals surface area contributed by atoms with Crippen LogP contribution in [0, 0.1) is 17.8 Å². The summed E-state index contributed by atoms with van der Waals surface area (Å²) in [6, 6.07) is 0. The molecule has 3 nitrogen and oxygen atoms in total. The molecule has 86 valence electrons. The van der Waals surface area contributed by atoms with Gasteiger partial charge in [-0.25, -0.2) is 0 Å². The molecule has 0 bridgehead atoms. The molecule has 0 aliphatic carbocycles. The van der Waals surface area contributed by atoms with E-state index in [0.717, 1.165) is 26.1 Å². The number of nitrogens with two attached hydrogens (primary N) is 3. The molecule has 0 amide bonds. The highest BCUT2D eigenvalue weighted by atomic mass is 14.6. The topological polar surface area (TPSA) is 78.1 Å². The zero-order valence-electron chi connectivity index (χ0n) is 9.71. The van der Waals surface area contributed by atoms with Gasteiger partial charge in [-0.1, -0.05) is 13.8 Å². The fourth-order valence-corrected chi connectivity index (χ4v) is 1.90. The monoisotopic (exact) mass is 201 g/mol. The summed E-state index contributed by atoms with van der Waals surface area (Å²) in [4.78, 5) is 0. The van der Waals surface area contributed by atoms with Gasteiger partial charge in [-0.2, -0.15) is 0 Å². The van der Waals surface area contributed by atoms with Crippen molar-refractivity contribution >= 4 is 0 Å². The lowest BCUT2D eigenvalue weighted by atomic mass is 9.86. The molecule has 0 aromatic heterocycles. The Kier molecular flexibility index (Phi) is 8.14. The van der Waals surface area contributed by atoms with E-state index in [1.165, 1.54) is 12.8 Å². The Morgan fingerprint density at radius 2 is 1.29 bits per heavy atom. The van der Waals surface area contributed by atoms with Gasteiger partial charge in [0.15, 0.2) is 0 Å². The minimum absolute atomic E-state index is 0.608. The highest BCUT2D eigenvalue weighted by Crippen LogP contribution is 2.22. The van der Waals surface area contributed by atoms with Crippen molar-refractivity contribution in [2.75, 3.05) is 19.6 Å². The fourth-order valence-electron chi connectivity index (χ4n) is 1.90. The molecule has 0 fully saturated rings. The van der Waals surface area contributed by atoms with Crippen molar-refractivity contribution in [3.05, 3.63) is 0 Å². The SMILES string of the molecule is CC(CN)CC(CCN)CC(C)CN. The van der Waals surface area contributed by atoms with Crippen molar-refractivity contribution in [1.82, 2.24) is 0 Å². The van der Waals surface area contributed by atoms with Crippen LogP contribution >= 0.6 is 0 Å².